The monoisotopic (exact) mass is 365 g/mol. The summed E-state index contributed by atoms with van der Waals surface area (Å²) in [5.41, 5.74) is 0.111. The molecule has 1 aromatic carbocycles. The van der Waals surface area contributed by atoms with Gasteiger partial charge in [-0.1, -0.05) is 61.5 Å². The zero-order valence-corrected chi connectivity index (χ0v) is 14.1. The third-order valence-corrected chi connectivity index (χ3v) is 4.19. The molecule has 0 aliphatic carbocycles. The molecule has 120 valence electrons. The Balaban J connectivity index is 2.87. The molecular weight excluding hydrogens is 343 g/mol. The van der Waals surface area contributed by atoms with Gasteiger partial charge in [-0.3, -0.25) is 0 Å². The highest BCUT2D eigenvalue weighted by Gasteiger charge is 2.33. The van der Waals surface area contributed by atoms with Crippen molar-refractivity contribution in [2.24, 2.45) is 0 Å². The van der Waals surface area contributed by atoms with E-state index in [4.69, 9.17) is 0 Å². The fourth-order valence-corrected chi connectivity index (χ4v) is 2.86. The van der Waals surface area contributed by atoms with Crippen LogP contribution in [0.3, 0.4) is 0 Å². The molecule has 0 bridgehead atoms. The van der Waals surface area contributed by atoms with Crippen LogP contribution < -0.4 is 5.32 Å². The van der Waals surface area contributed by atoms with Crippen molar-refractivity contribution >= 4 is 15.9 Å². The van der Waals surface area contributed by atoms with Gasteiger partial charge in [-0.15, -0.1) is 0 Å². The predicted octanol–water partition coefficient (Wildman–Crippen LogP) is 6.09. The zero-order chi connectivity index (χ0) is 15.9. The molecule has 0 heterocycles. The summed E-state index contributed by atoms with van der Waals surface area (Å²) in [6.45, 7) is 4.87. The van der Waals surface area contributed by atoms with Crippen molar-refractivity contribution in [1.29, 1.82) is 0 Å². The van der Waals surface area contributed by atoms with Gasteiger partial charge in [0.25, 0.3) is 0 Å². The van der Waals surface area contributed by atoms with Crippen molar-refractivity contribution in [3.8, 4) is 0 Å². The molecule has 0 saturated carbocycles. The van der Waals surface area contributed by atoms with E-state index in [1.165, 1.54) is 18.6 Å². The Kier molecular flexibility index (Phi) is 7.74. The highest BCUT2D eigenvalue weighted by Crippen LogP contribution is 2.36. The van der Waals surface area contributed by atoms with Gasteiger partial charge in [0.2, 0.25) is 0 Å². The topological polar surface area (TPSA) is 12.0 Å². The minimum atomic E-state index is -4.33. The minimum Gasteiger partial charge on any atom is -0.310 e. The largest absolute Gasteiger partial charge is 0.417 e. The van der Waals surface area contributed by atoms with E-state index in [2.05, 4.69) is 28.2 Å². The average molecular weight is 366 g/mol. The maximum atomic E-state index is 13.0. The van der Waals surface area contributed by atoms with Gasteiger partial charge in [0.05, 0.1) is 5.56 Å². The van der Waals surface area contributed by atoms with E-state index in [1.54, 1.807) is 6.07 Å². The molecule has 0 spiro atoms. The number of halogens is 4. The zero-order valence-electron chi connectivity index (χ0n) is 12.6. The first-order valence-electron chi connectivity index (χ1n) is 7.50. The third-order valence-electron chi connectivity index (χ3n) is 3.50. The van der Waals surface area contributed by atoms with Gasteiger partial charge >= 0.3 is 6.18 Å². The van der Waals surface area contributed by atoms with E-state index in [9.17, 15) is 13.2 Å². The van der Waals surface area contributed by atoms with Crippen molar-refractivity contribution in [3.63, 3.8) is 0 Å². The molecule has 1 aromatic rings. The number of rotatable bonds is 8. The summed E-state index contributed by atoms with van der Waals surface area (Å²) in [4.78, 5) is 0. The SMILES string of the molecule is CCCCCCC(NCC)c1ccc(Br)c(C(F)(F)F)c1. The van der Waals surface area contributed by atoms with Crippen molar-refractivity contribution in [3.05, 3.63) is 33.8 Å². The van der Waals surface area contributed by atoms with Crippen molar-refractivity contribution in [2.75, 3.05) is 6.54 Å². The number of alkyl halides is 3. The summed E-state index contributed by atoms with van der Waals surface area (Å²) in [6, 6.07) is 4.51. The molecule has 1 nitrogen and oxygen atoms in total. The Morgan fingerprint density at radius 1 is 1.14 bits per heavy atom. The summed E-state index contributed by atoms with van der Waals surface area (Å²) >= 11 is 2.99. The van der Waals surface area contributed by atoms with E-state index < -0.39 is 11.7 Å². The molecule has 0 aliphatic heterocycles. The van der Waals surface area contributed by atoms with Crippen LogP contribution in [0.5, 0.6) is 0 Å². The summed E-state index contributed by atoms with van der Waals surface area (Å²) in [6.07, 6.45) is 1.03. The number of benzene rings is 1. The highest BCUT2D eigenvalue weighted by atomic mass is 79.9. The fraction of sp³-hybridized carbons (Fsp3) is 0.625. The smallest absolute Gasteiger partial charge is 0.310 e. The molecule has 0 aromatic heterocycles. The lowest BCUT2D eigenvalue weighted by Crippen LogP contribution is -2.21. The maximum Gasteiger partial charge on any atom is 0.417 e. The average Bonchev–Trinajstić information content (AvgIpc) is 2.42. The normalized spacial score (nSPS) is 13.4. The number of unbranched alkanes of at least 4 members (excludes halogenated alkanes) is 3. The molecule has 0 fully saturated rings. The molecule has 0 amide bonds. The maximum absolute atomic E-state index is 13.0. The molecule has 5 heteroatoms. The van der Waals surface area contributed by atoms with Crippen LogP contribution in [0.1, 0.15) is 63.1 Å². The van der Waals surface area contributed by atoms with Crippen LogP contribution in [0.25, 0.3) is 0 Å². The van der Waals surface area contributed by atoms with E-state index in [1.807, 2.05) is 6.92 Å². The minimum absolute atomic E-state index is 0.0129. The molecule has 0 radical (unpaired) electrons. The molecule has 1 atom stereocenters. The fourth-order valence-electron chi connectivity index (χ4n) is 2.39. The Morgan fingerprint density at radius 3 is 2.43 bits per heavy atom. The van der Waals surface area contributed by atoms with Crippen LogP contribution in [0, 0.1) is 0 Å². The van der Waals surface area contributed by atoms with Gasteiger partial charge in [0.15, 0.2) is 0 Å². The first-order chi connectivity index (χ1) is 9.90. The van der Waals surface area contributed by atoms with Gasteiger partial charge in [0.1, 0.15) is 0 Å². The lowest BCUT2D eigenvalue weighted by Gasteiger charge is -2.20. The lowest BCUT2D eigenvalue weighted by molar-refractivity contribution is -0.138. The second-order valence-corrected chi connectivity index (χ2v) is 6.05. The highest BCUT2D eigenvalue weighted by molar-refractivity contribution is 9.10. The molecule has 0 saturated heterocycles. The molecule has 1 unspecified atom stereocenters. The van der Waals surface area contributed by atoms with Gasteiger partial charge in [-0.2, -0.15) is 13.2 Å². The first kappa shape index (κ1) is 18.5. The van der Waals surface area contributed by atoms with Crippen LogP contribution in [0.2, 0.25) is 0 Å². The Bertz CT molecular complexity index is 432. The number of hydrogen-bond donors (Lipinski definition) is 1. The second kappa shape index (κ2) is 8.79. The number of hydrogen-bond acceptors (Lipinski definition) is 1. The summed E-state index contributed by atoms with van der Waals surface area (Å²) in [5.74, 6) is 0. The molecule has 1 rings (SSSR count). The van der Waals surface area contributed by atoms with Crippen LogP contribution in [-0.2, 0) is 6.18 Å². The van der Waals surface area contributed by atoms with E-state index >= 15 is 0 Å². The van der Waals surface area contributed by atoms with Crippen molar-refractivity contribution in [2.45, 2.75) is 58.2 Å². The second-order valence-electron chi connectivity index (χ2n) is 5.20. The van der Waals surface area contributed by atoms with E-state index in [0.717, 1.165) is 32.2 Å². The van der Waals surface area contributed by atoms with E-state index in [0.29, 0.717) is 5.56 Å². The van der Waals surface area contributed by atoms with Crippen LogP contribution in [0.4, 0.5) is 13.2 Å². The summed E-state index contributed by atoms with van der Waals surface area (Å²) < 4.78 is 39.0. The lowest BCUT2D eigenvalue weighted by atomic mass is 9.98. The third kappa shape index (κ3) is 5.99. The standard InChI is InChI=1S/C16H23BrF3N/c1-3-5-6-7-8-15(21-4-2)12-9-10-14(17)13(11-12)16(18,19)20/h9-11,15,21H,3-8H2,1-2H3. The molecule has 21 heavy (non-hydrogen) atoms. The van der Waals surface area contributed by atoms with Crippen molar-refractivity contribution in [1.82, 2.24) is 5.32 Å². The van der Waals surface area contributed by atoms with Crippen LogP contribution in [0.15, 0.2) is 22.7 Å². The van der Waals surface area contributed by atoms with Crippen molar-refractivity contribution < 1.29 is 13.2 Å². The van der Waals surface area contributed by atoms with Gasteiger partial charge in [-0.05, 0) is 30.7 Å². The predicted molar refractivity (Wildman–Crippen MR) is 84.3 cm³/mol. The first-order valence-corrected chi connectivity index (χ1v) is 8.29. The molecule has 1 N–H and O–H groups in total. The quantitative estimate of drug-likeness (QED) is 0.549. The molecule has 0 aliphatic rings. The Hall–Kier alpha value is -0.550. The summed E-state index contributed by atoms with van der Waals surface area (Å²) in [5, 5.41) is 3.29. The van der Waals surface area contributed by atoms with Gasteiger partial charge < -0.3 is 5.32 Å². The summed E-state index contributed by atoms with van der Waals surface area (Å²) in [7, 11) is 0. The van der Waals surface area contributed by atoms with Gasteiger partial charge in [-0.25, -0.2) is 0 Å². The van der Waals surface area contributed by atoms with Crippen LogP contribution >= 0.6 is 15.9 Å². The Morgan fingerprint density at radius 2 is 1.86 bits per heavy atom. The van der Waals surface area contributed by atoms with Gasteiger partial charge in [0, 0.05) is 10.5 Å². The number of nitrogens with one attached hydrogen (secondary N) is 1. The van der Waals surface area contributed by atoms with E-state index in [-0.39, 0.29) is 10.5 Å². The Labute approximate surface area is 133 Å². The molecular formula is C16H23BrF3N. The van der Waals surface area contributed by atoms with Crippen LogP contribution in [-0.4, -0.2) is 6.54 Å².